The Balaban J connectivity index is 1.54. The van der Waals surface area contributed by atoms with Crippen molar-refractivity contribution < 1.29 is 9.59 Å². The number of halogens is 1. The molecule has 2 heterocycles. The quantitative estimate of drug-likeness (QED) is 0.546. The number of amides is 2. The molecule has 0 saturated carbocycles. The van der Waals surface area contributed by atoms with E-state index in [2.05, 4.69) is 43.8 Å². The van der Waals surface area contributed by atoms with E-state index in [1.807, 2.05) is 42.8 Å². The standard InChI is InChI=1S/C21H23BrN4O2S/c1-13-9-14(2)26(25-13)12-17-6-4-5-16(10-17)11-23-20(27)15(3)24-21(28)18-7-8-19(22)29-18/h4-10,15H,11-12H2,1-3H3,(H,23,27)(H,24,28). The van der Waals surface area contributed by atoms with Crippen molar-refractivity contribution in [2.24, 2.45) is 0 Å². The average molecular weight is 475 g/mol. The van der Waals surface area contributed by atoms with Gasteiger partial charge in [-0.1, -0.05) is 24.3 Å². The summed E-state index contributed by atoms with van der Waals surface area (Å²) < 4.78 is 2.84. The maximum absolute atomic E-state index is 12.4. The number of benzene rings is 1. The molecule has 3 aromatic rings. The highest BCUT2D eigenvalue weighted by atomic mass is 79.9. The van der Waals surface area contributed by atoms with Crippen LogP contribution < -0.4 is 10.6 Å². The molecule has 0 bridgehead atoms. The van der Waals surface area contributed by atoms with Crippen LogP contribution in [0.4, 0.5) is 0 Å². The van der Waals surface area contributed by atoms with E-state index in [1.54, 1.807) is 13.0 Å². The van der Waals surface area contributed by atoms with Crippen LogP contribution in [-0.4, -0.2) is 27.6 Å². The number of aryl methyl sites for hydroxylation is 2. The molecule has 0 aliphatic rings. The largest absolute Gasteiger partial charge is 0.350 e. The first-order valence-corrected chi connectivity index (χ1v) is 10.9. The molecule has 152 valence electrons. The normalized spacial score (nSPS) is 11.9. The van der Waals surface area contributed by atoms with Crippen molar-refractivity contribution in [1.29, 1.82) is 0 Å². The topological polar surface area (TPSA) is 76.0 Å². The fraction of sp³-hybridized carbons (Fsp3) is 0.286. The lowest BCUT2D eigenvalue weighted by Gasteiger charge is -2.14. The van der Waals surface area contributed by atoms with Gasteiger partial charge in [-0.25, -0.2) is 0 Å². The van der Waals surface area contributed by atoms with Gasteiger partial charge in [0.25, 0.3) is 5.91 Å². The second-order valence-electron chi connectivity index (χ2n) is 6.92. The zero-order valence-corrected chi connectivity index (χ0v) is 18.9. The minimum absolute atomic E-state index is 0.224. The highest BCUT2D eigenvalue weighted by Gasteiger charge is 2.17. The van der Waals surface area contributed by atoms with E-state index in [0.29, 0.717) is 18.0 Å². The van der Waals surface area contributed by atoms with E-state index in [1.165, 1.54) is 11.3 Å². The average Bonchev–Trinajstić information content (AvgIpc) is 3.25. The molecule has 0 aliphatic carbocycles. The molecule has 3 rings (SSSR count). The molecular formula is C21H23BrN4O2S. The van der Waals surface area contributed by atoms with Crippen LogP contribution in [0.2, 0.25) is 0 Å². The van der Waals surface area contributed by atoms with Gasteiger partial charge in [0.15, 0.2) is 0 Å². The molecule has 1 aromatic carbocycles. The van der Waals surface area contributed by atoms with Crippen LogP contribution in [0.3, 0.4) is 0 Å². The summed E-state index contributed by atoms with van der Waals surface area (Å²) in [6, 6.07) is 13.0. The summed E-state index contributed by atoms with van der Waals surface area (Å²) in [5, 5.41) is 10.1. The highest BCUT2D eigenvalue weighted by molar-refractivity contribution is 9.11. The number of hydrogen-bond acceptors (Lipinski definition) is 4. The van der Waals surface area contributed by atoms with Crippen molar-refractivity contribution in [3.63, 3.8) is 0 Å². The Morgan fingerprint density at radius 1 is 1.17 bits per heavy atom. The van der Waals surface area contributed by atoms with E-state index in [9.17, 15) is 9.59 Å². The van der Waals surface area contributed by atoms with Gasteiger partial charge in [0, 0.05) is 12.2 Å². The number of nitrogens with zero attached hydrogens (tertiary/aromatic N) is 2. The smallest absolute Gasteiger partial charge is 0.262 e. The van der Waals surface area contributed by atoms with Crippen LogP contribution >= 0.6 is 27.3 Å². The van der Waals surface area contributed by atoms with Crippen molar-refractivity contribution in [2.75, 3.05) is 0 Å². The van der Waals surface area contributed by atoms with Crippen molar-refractivity contribution in [1.82, 2.24) is 20.4 Å². The highest BCUT2D eigenvalue weighted by Crippen LogP contribution is 2.21. The van der Waals surface area contributed by atoms with Gasteiger partial charge >= 0.3 is 0 Å². The van der Waals surface area contributed by atoms with Crippen molar-refractivity contribution >= 4 is 39.1 Å². The lowest BCUT2D eigenvalue weighted by atomic mass is 10.1. The molecule has 0 fully saturated rings. The SMILES string of the molecule is Cc1cc(C)n(Cc2cccc(CNC(=O)C(C)NC(=O)c3ccc(Br)s3)c2)n1. The first-order chi connectivity index (χ1) is 13.8. The molecule has 0 aliphatic heterocycles. The zero-order valence-electron chi connectivity index (χ0n) is 16.5. The molecule has 1 atom stereocenters. The molecule has 1 unspecified atom stereocenters. The molecule has 2 aromatic heterocycles. The Bertz CT molecular complexity index is 1030. The molecule has 0 radical (unpaired) electrons. The van der Waals surface area contributed by atoms with Gasteiger partial charge in [0.1, 0.15) is 6.04 Å². The fourth-order valence-electron chi connectivity index (χ4n) is 2.96. The van der Waals surface area contributed by atoms with Crippen molar-refractivity contribution in [3.8, 4) is 0 Å². The van der Waals surface area contributed by atoms with Gasteiger partial charge in [0.05, 0.1) is 20.9 Å². The lowest BCUT2D eigenvalue weighted by Crippen LogP contribution is -2.44. The Morgan fingerprint density at radius 2 is 1.93 bits per heavy atom. The van der Waals surface area contributed by atoms with Gasteiger partial charge in [-0.3, -0.25) is 14.3 Å². The van der Waals surface area contributed by atoms with Crippen LogP contribution in [0, 0.1) is 13.8 Å². The molecular weight excluding hydrogens is 452 g/mol. The van der Waals surface area contributed by atoms with Crippen molar-refractivity contribution in [3.05, 3.63) is 73.6 Å². The maximum atomic E-state index is 12.4. The molecule has 2 amide bonds. The van der Waals surface area contributed by atoms with Crippen LogP contribution in [0.1, 0.15) is 39.1 Å². The lowest BCUT2D eigenvalue weighted by molar-refractivity contribution is -0.122. The first-order valence-electron chi connectivity index (χ1n) is 9.24. The van der Waals surface area contributed by atoms with E-state index >= 15 is 0 Å². The molecule has 2 N–H and O–H groups in total. The van der Waals surface area contributed by atoms with Crippen LogP contribution in [0.25, 0.3) is 0 Å². The number of nitrogens with one attached hydrogen (secondary N) is 2. The fourth-order valence-corrected chi connectivity index (χ4v) is 4.25. The predicted octanol–water partition coefficient (Wildman–Crippen LogP) is 3.81. The minimum atomic E-state index is -0.624. The van der Waals surface area contributed by atoms with E-state index < -0.39 is 6.04 Å². The second-order valence-corrected chi connectivity index (χ2v) is 9.38. The molecule has 8 heteroatoms. The number of rotatable bonds is 7. The zero-order chi connectivity index (χ0) is 21.0. The first kappa shape index (κ1) is 21.3. The second kappa shape index (κ2) is 9.37. The number of aromatic nitrogens is 2. The minimum Gasteiger partial charge on any atom is -0.350 e. The summed E-state index contributed by atoms with van der Waals surface area (Å²) in [6.45, 7) is 6.77. The summed E-state index contributed by atoms with van der Waals surface area (Å²) in [6.07, 6.45) is 0. The van der Waals surface area contributed by atoms with E-state index in [0.717, 1.165) is 26.3 Å². The molecule has 0 saturated heterocycles. The predicted molar refractivity (Wildman–Crippen MR) is 118 cm³/mol. The van der Waals surface area contributed by atoms with Gasteiger partial charge in [-0.05, 0) is 66.0 Å². The number of thiophene rings is 1. The summed E-state index contributed by atoms with van der Waals surface area (Å²) in [7, 11) is 0. The van der Waals surface area contributed by atoms with Gasteiger partial charge in [0.2, 0.25) is 5.91 Å². The Morgan fingerprint density at radius 3 is 2.59 bits per heavy atom. The van der Waals surface area contributed by atoms with Crippen molar-refractivity contribution in [2.45, 2.75) is 39.9 Å². The third kappa shape index (κ3) is 5.77. The maximum Gasteiger partial charge on any atom is 0.262 e. The Labute approximate surface area is 182 Å². The molecule has 29 heavy (non-hydrogen) atoms. The molecule has 6 nitrogen and oxygen atoms in total. The monoisotopic (exact) mass is 474 g/mol. The summed E-state index contributed by atoms with van der Waals surface area (Å²) in [5.74, 6) is -0.479. The number of carbonyl (C=O) groups is 2. The van der Waals surface area contributed by atoms with E-state index in [4.69, 9.17) is 0 Å². The van der Waals surface area contributed by atoms with Crippen LogP contribution in [0.5, 0.6) is 0 Å². The third-order valence-corrected chi connectivity index (χ3v) is 6.05. The van der Waals surface area contributed by atoms with Gasteiger partial charge in [-0.15, -0.1) is 11.3 Å². The third-order valence-electron chi connectivity index (χ3n) is 4.43. The summed E-state index contributed by atoms with van der Waals surface area (Å²) in [5.41, 5.74) is 4.23. The Hall–Kier alpha value is -2.45. The number of hydrogen-bond donors (Lipinski definition) is 2. The van der Waals surface area contributed by atoms with Gasteiger partial charge < -0.3 is 10.6 Å². The summed E-state index contributed by atoms with van der Waals surface area (Å²) in [4.78, 5) is 25.1. The molecule has 0 spiro atoms. The number of carbonyl (C=O) groups excluding carboxylic acids is 2. The van der Waals surface area contributed by atoms with Gasteiger partial charge in [-0.2, -0.15) is 5.10 Å². The van der Waals surface area contributed by atoms with Crippen LogP contribution in [-0.2, 0) is 17.9 Å². The van der Waals surface area contributed by atoms with E-state index in [-0.39, 0.29) is 11.8 Å². The van der Waals surface area contributed by atoms with Crippen LogP contribution in [0.15, 0.2) is 46.3 Å². The Kier molecular flexibility index (Phi) is 6.87. The summed E-state index contributed by atoms with van der Waals surface area (Å²) >= 11 is 4.66.